The van der Waals surface area contributed by atoms with Gasteiger partial charge in [-0.2, -0.15) is 0 Å². The van der Waals surface area contributed by atoms with E-state index >= 15 is 0 Å². The maximum atomic E-state index is 5.73. The van der Waals surface area contributed by atoms with Crippen LogP contribution in [0.3, 0.4) is 0 Å². The van der Waals surface area contributed by atoms with Crippen molar-refractivity contribution in [2.45, 2.75) is 39.5 Å². The van der Waals surface area contributed by atoms with Crippen LogP contribution in [0.25, 0.3) is 0 Å². The topological polar surface area (TPSA) is 47.3 Å². The molecule has 0 unspecified atom stereocenters. The lowest BCUT2D eigenvalue weighted by Crippen LogP contribution is -2.22. The van der Waals surface area contributed by atoms with Crippen molar-refractivity contribution in [1.29, 1.82) is 0 Å². The fourth-order valence-electron chi connectivity index (χ4n) is 2.13. The van der Waals surface area contributed by atoms with E-state index < -0.39 is 0 Å². The van der Waals surface area contributed by atoms with E-state index in [2.05, 4.69) is 37.4 Å². The van der Waals surface area contributed by atoms with Gasteiger partial charge < -0.3 is 15.8 Å². The molecule has 0 saturated heterocycles. The molecule has 1 aromatic rings. The molecular formula is C16H28N2O. The van der Waals surface area contributed by atoms with Crippen LogP contribution in [-0.2, 0) is 0 Å². The van der Waals surface area contributed by atoms with Crippen LogP contribution in [0, 0.1) is 13.8 Å². The fourth-order valence-corrected chi connectivity index (χ4v) is 2.13. The number of nitrogens with one attached hydrogen (secondary N) is 1. The number of ether oxygens (including phenoxy) is 1. The van der Waals surface area contributed by atoms with Crippen LogP contribution < -0.4 is 15.8 Å². The third-order valence-electron chi connectivity index (χ3n) is 3.05. The maximum absolute atomic E-state index is 5.73. The minimum Gasteiger partial charge on any atom is -0.492 e. The van der Waals surface area contributed by atoms with Gasteiger partial charge in [0.25, 0.3) is 0 Å². The highest BCUT2D eigenvalue weighted by Gasteiger charge is 1.96. The summed E-state index contributed by atoms with van der Waals surface area (Å²) in [5.41, 5.74) is 7.96. The molecule has 0 atom stereocenters. The van der Waals surface area contributed by atoms with Gasteiger partial charge in [-0.1, -0.05) is 18.9 Å². The van der Waals surface area contributed by atoms with Gasteiger partial charge in [-0.25, -0.2) is 0 Å². The molecule has 0 fully saturated rings. The maximum Gasteiger partial charge on any atom is 0.119 e. The first kappa shape index (κ1) is 16.0. The average molecular weight is 264 g/mol. The molecule has 1 aromatic carbocycles. The van der Waals surface area contributed by atoms with Crippen LogP contribution in [0.1, 0.15) is 36.8 Å². The third kappa shape index (κ3) is 7.85. The first-order chi connectivity index (χ1) is 9.22. The second-order valence-corrected chi connectivity index (χ2v) is 5.12. The molecule has 0 aromatic heterocycles. The van der Waals surface area contributed by atoms with Gasteiger partial charge in [-0.15, -0.1) is 0 Å². The zero-order valence-corrected chi connectivity index (χ0v) is 12.4. The predicted molar refractivity (Wildman–Crippen MR) is 81.8 cm³/mol. The highest BCUT2D eigenvalue weighted by Crippen LogP contribution is 2.15. The largest absolute Gasteiger partial charge is 0.492 e. The first-order valence-electron chi connectivity index (χ1n) is 7.34. The number of hydrogen-bond donors (Lipinski definition) is 2. The van der Waals surface area contributed by atoms with Crippen molar-refractivity contribution >= 4 is 0 Å². The normalized spacial score (nSPS) is 10.7. The minimum atomic E-state index is 0.728. The molecule has 0 bridgehead atoms. The molecule has 3 nitrogen and oxygen atoms in total. The van der Waals surface area contributed by atoms with Gasteiger partial charge in [-0.3, -0.25) is 0 Å². The van der Waals surface area contributed by atoms with Crippen molar-refractivity contribution in [3.05, 3.63) is 29.3 Å². The Balaban J connectivity index is 2.01. The molecule has 0 aliphatic heterocycles. The average Bonchev–Trinajstić information content (AvgIpc) is 2.36. The lowest BCUT2D eigenvalue weighted by atomic mass is 10.1. The molecule has 1 rings (SSSR count). The lowest BCUT2D eigenvalue weighted by Gasteiger charge is -2.09. The summed E-state index contributed by atoms with van der Waals surface area (Å²) in [6.45, 7) is 7.71. The number of benzene rings is 1. The van der Waals surface area contributed by atoms with E-state index in [-0.39, 0.29) is 0 Å². The summed E-state index contributed by atoms with van der Waals surface area (Å²) in [5, 5.41) is 3.41. The Hall–Kier alpha value is -1.06. The molecule has 0 heterocycles. The van der Waals surface area contributed by atoms with E-state index in [0.717, 1.165) is 38.4 Å². The van der Waals surface area contributed by atoms with E-state index in [0.29, 0.717) is 0 Å². The van der Waals surface area contributed by atoms with Crippen molar-refractivity contribution in [3.63, 3.8) is 0 Å². The minimum absolute atomic E-state index is 0.728. The van der Waals surface area contributed by atoms with Crippen molar-refractivity contribution in [3.8, 4) is 5.75 Å². The molecule has 3 N–H and O–H groups in total. The molecule has 3 heteroatoms. The predicted octanol–water partition coefficient (Wildman–Crippen LogP) is 2.79. The van der Waals surface area contributed by atoms with Gasteiger partial charge in [0.05, 0.1) is 0 Å². The van der Waals surface area contributed by atoms with E-state index in [1.165, 1.54) is 30.4 Å². The molecule has 0 aliphatic rings. The Kier molecular flexibility index (Phi) is 8.26. The molecule has 0 radical (unpaired) electrons. The highest BCUT2D eigenvalue weighted by molar-refractivity contribution is 5.32. The summed E-state index contributed by atoms with van der Waals surface area (Å²) in [7, 11) is 0. The number of unbranched alkanes of at least 4 members (excludes halogenated alkanes) is 3. The molecule has 19 heavy (non-hydrogen) atoms. The summed E-state index contributed by atoms with van der Waals surface area (Å²) in [6, 6.07) is 6.33. The molecule has 0 saturated carbocycles. The van der Waals surface area contributed by atoms with E-state index in [4.69, 9.17) is 10.5 Å². The Labute approximate surface area is 117 Å². The lowest BCUT2D eigenvalue weighted by molar-refractivity contribution is 0.313. The van der Waals surface area contributed by atoms with Crippen LogP contribution in [0.15, 0.2) is 18.2 Å². The van der Waals surface area contributed by atoms with Gasteiger partial charge in [0.1, 0.15) is 12.4 Å². The number of nitrogens with two attached hydrogens (primary N) is 1. The number of rotatable bonds is 10. The molecule has 108 valence electrons. The van der Waals surface area contributed by atoms with Crippen molar-refractivity contribution < 1.29 is 4.74 Å². The summed E-state index contributed by atoms with van der Waals surface area (Å²) < 4.78 is 5.73. The van der Waals surface area contributed by atoms with Gasteiger partial charge in [0.15, 0.2) is 0 Å². The van der Waals surface area contributed by atoms with Crippen LogP contribution in [0.5, 0.6) is 5.75 Å². The highest BCUT2D eigenvalue weighted by atomic mass is 16.5. The van der Waals surface area contributed by atoms with E-state index in [1.54, 1.807) is 0 Å². The quantitative estimate of drug-likeness (QED) is 0.639. The Morgan fingerprint density at radius 3 is 2.32 bits per heavy atom. The summed E-state index contributed by atoms with van der Waals surface area (Å²) in [6.07, 6.45) is 4.89. The van der Waals surface area contributed by atoms with Crippen LogP contribution >= 0.6 is 0 Å². The Morgan fingerprint density at radius 1 is 0.947 bits per heavy atom. The monoisotopic (exact) mass is 264 g/mol. The molecule has 0 aliphatic carbocycles. The van der Waals surface area contributed by atoms with E-state index in [9.17, 15) is 0 Å². The number of hydrogen-bond acceptors (Lipinski definition) is 3. The summed E-state index contributed by atoms with van der Waals surface area (Å²) in [5.74, 6) is 0.974. The van der Waals surface area contributed by atoms with E-state index in [1.807, 2.05) is 0 Å². The summed E-state index contributed by atoms with van der Waals surface area (Å²) >= 11 is 0. The molecular weight excluding hydrogens is 236 g/mol. The Bertz CT molecular complexity index is 332. The van der Waals surface area contributed by atoms with Gasteiger partial charge in [0, 0.05) is 6.54 Å². The zero-order chi connectivity index (χ0) is 13.9. The summed E-state index contributed by atoms with van der Waals surface area (Å²) in [4.78, 5) is 0. The van der Waals surface area contributed by atoms with Crippen LogP contribution in [0.4, 0.5) is 0 Å². The second-order valence-electron chi connectivity index (χ2n) is 5.12. The van der Waals surface area contributed by atoms with Gasteiger partial charge in [-0.05, 0) is 63.0 Å². The second kappa shape index (κ2) is 9.82. The smallest absolute Gasteiger partial charge is 0.119 e. The Morgan fingerprint density at radius 2 is 1.63 bits per heavy atom. The fraction of sp³-hybridized carbons (Fsp3) is 0.625. The van der Waals surface area contributed by atoms with Gasteiger partial charge in [0.2, 0.25) is 0 Å². The SMILES string of the molecule is Cc1cc(C)cc(OCCNCCCCCCN)c1. The number of aryl methyl sites for hydroxylation is 2. The van der Waals surface area contributed by atoms with Crippen molar-refractivity contribution in [1.82, 2.24) is 5.32 Å². The standard InChI is InChI=1S/C16H28N2O/c1-14-11-15(2)13-16(12-14)19-10-9-18-8-6-4-3-5-7-17/h11-13,18H,3-10,17H2,1-2H3. The van der Waals surface area contributed by atoms with Crippen LogP contribution in [0.2, 0.25) is 0 Å². The first-order valence-corrected chi connectivity index (χ1v) is 7.34. The zero-order valence-electron chi connectivity index (χ0n) is 12.4. The third-order valence-corrected chi connectivity index (χ3v) is 3.05. The molecule has 0 amide bonds. The molecule has 0 spiro atoms. The van der Waals surface area contributed by atoms with Crippen molar-refractivity contribution in [2.75, 3.05) is 26.2 Å². The van der Waals surface area contributed by atoms with Crippen molar-refractivity contribution in [2.24, 2.45) is 5.73 Å². The van der Waals surface area contributed by atoms with Crippen LogP contribution in [-0.4, -0.2) is 26.2 Å². The van der Waals surface area contributed by atoms with Gasteiger partial charge >= 0.3 is 0 Å².